The number of hydrogen-bond donors (Lipinski definition) is 2. The van der Waals surface area contributed by atoms with Crippen molar-refractivity contribution < 1.29 is 18.3 Å². The van der Waals surface area contributed by atoms with E-state index in [0.29, 0.717) is 10.2 Å². The van der Waals surface area contributed by atoms with Gasteiger partial charge in [-0.1, -0.05) is 0 Å². The van der Waals surface area contributed by atoms with E-state index in [1.807, 2.05) is 0 Å². The van der Waals surface area contributed by atoms with Crippen molar-refractivity contribution in [3.8, 4) is 5.75 Å². The van der Waals surface area contributed by atoms with Gasteiger partial charge in [0.2, 0.25) is 15.9 Å². The molecule has 6 nitrogen and oxygen atoms in total. The first kappa shape index (κ1) is 13.3. The van der Waals surface area contributed by atoms with Gasteiger partial charge in [-0.25, -0.2) is 13.6 Å². The summed E-state index contributed by atoms with van der Waals surface area (Å²) in [5.74, 6) is -0.250. The highest BCUT2D eigenvalue weighted by Gasteiger charge is 2.37. The first-order valence-corrected chi connectivity index (χ1v) is 7.50. The molecule has 1 fully saturated rings. The van der Waals surface area contributed by atoms with Crippen LogP contribution in [0.25, 0.3) is 0 Å². The van der Waals surface area contributed by atoms with Gasteiger partial charge in [-0.15, -0.1) is 0 Å². The number of carbonyl (C=O) groups is 1. The number of benzene rings is 1. The van der Waals surface area contributed by atoms with Crippen LogP contribution >= 0.6 is 15.9 Å². The van der Waals surface area contributed by atoms with E-state index in [-0.39, 0.29) is 24.6 Å². The van der Waals surface area contributed by atoms with Gasteiger partial charge in [0.25, 0.3) is 0 Å². The Kier molecular flexibility index (Phi) is 3.35. The lowest BCUT2D eigenvalue weighted by Gasteiger charge is -2.16. The molecule has 0 aliphatic carbocycles. The Hall–Kier alpha value is -1.12. The number of carbonyl (C=O) groups excluding carboxylic acids is 1. The fourth-order valence-corrected chi connectivity index (χ4v) is 2.91. The largest absolute Gasteiger partial charge is 0.507 e. The first-order valence-electron chi connectivity index (χ1n) is 5.09. The summed E-state index contributed by atoms with van der Waals surface area (Å²) in [5.41, 5.74) is 0.524. The second-order valence-corrected chi connectivity index (χ2v) is 6.75. The maximum Gasteiger partial charge on any atom is 0.228 e. The number of nitrogens with two attached hydrogens (primary N) is 1. The molecule has 1 aromatic carbocycles. The van der Waals surface area contributed by atoms with Crippen LogP contribution in [0.3, 0.4) is 0 Å². The molecule has 0 bridgehead atoms. The quantitative estimate of drug-likeness (QED) is 0.824. The molecule has 2 rings (SSSR count). The van der Waals surface area contributed by atoms with E-state index >= 15 is 0 Å². The highest BCUT2D eigenvalue weighted by molar-refractivity contribution is 9.10. The number of aromatic hydroxyl groups is 1. The van der Waals surface area contributed by atoms with Crippen molar-refractivity contribution in [3.63, 3.8) is 0 Å². The van der Waals surface area contributed by atoms with Gasteiger partial charge in [0.1, 0.15) is 11.0 Å². The molecule has 1 unspecified atom stereocenters. The Bertz CT molecular complexity index is 602. The van der Waals surface area contributed by atoms with Crippen molar-refractivity contribution in [3.05, 3.63) is 22.7 Å². The summed E-state index contributed by atoms with van der Waals surface area (Å²) in [6.45, 7) is 0.0366. The van der Waals surface area contributed by atoms with E-state index in [1.165, 1.54) is 11.0 Å². The Morgan fingerprint density at radius 1 is 1.44 bits per heavy atom. The van der Waals surface area contributed by atoms with Crippen LogP contribution in [-0.4, -0.2) is 31.2 Å². The maximum atomic E-state index is 11.8. The van der Waals surface area contributed by atoms with Crippen molar-refractivity contribution in [1.29, 1.82) is 0 Å². The molecule has 1 aromatic rings. The van der Waals surface area contributed by atoms with Crippen LogP contribution in [0, 0.1) is 0 Å². The number of hydrogen-bond acceptors (Lipinski definition) is 4. The molecule has 0 radical (unpaired) electrons. The molecule has 1 aliphatic heterocycles. The summed E-state index contributed by atoms with van der Waals surface area (Å²) in [5, 5.41) is 13.5. The maximum absolute atomic E-state index is 11.8. The third-order valence-electron chi connectivity index (χ3n) is 2.80. The van der Waals surface area contributed by atoms with E-state index in [9.17, 15) is 18.3 Å². The number of primary sulfonamides is 1. The van der Waals surface area contributed by atoms with Gasteiger partial charge < -0.3 is 10.0 Å². The lowest BCUT2D eigenvalue weighted by Crippen LogP contribution is -2.32. The molecular formula is C10H11BrN2O4S. The number of phenols is 1. The minimum absolute atomic E-state index is 0.0366. The number of halogens is 1. The molecule has 1 heterocycles. The molecule has 8 heteroatoms. The fourth-order valence-electron chi connectivity index (χ4n) is 1.81. The van der Waals surface area contributed by atoms with Gasteiger partial charge >= 0.3 is 0 Å². The number of phenolic OH excluding ortho intramolecular Hbond substituents is 1. The zero-order valence-electron chi connectivity index (χ0n) is 9.21. The third-order valence-corrected chi connectivity index (χ3v) is 4.68. The molecule has 0 saturated carbocycles. The Morgan fingerprint density at radius 3 is 2.61 bits per heavy atom. The topological polar surface area (TPSA) is 101 Å². The molecule has 0 aromatic heterocycles. The van der Waals surface area contributed by atoms with Gasteiger partial charge in [-0.3, -0.25) is 4.79 Å². The molecule has 98 valence electrons. The molecule has 0 spiro atoms. The summed E-state index contributed by atoms with van der Waals surface area (Å²) < 4.78 is 22.9. The van der Waals surface area contributed by atoms with E-state index in [4.69, 9.17) is 5.14 Å². The van der Waals surface area contributed by atoms with Crippen LogP contribution in [-0.2, 0) is 14.8 Å². The predicted octanol–water partition coefficient (Wildman–Crippen LogP) is 0.549. The van der Waals surface area contributed by atoms with Gasteiger partial charge in [0, 0.05) is 18.7 Å². The Labute approximate surface area is 113 Å². The van der Waals surface area contributed by atoms with Crippen LogP contribution in [0.2, 0.25) is 0 Å². The predicted molar refractivity (Wildman–Crippen MR) is 69.7 cm³/mol. The van der Waals surface area contributed by atoms with Crippen molar-refractivity contribution in [2.45, 2.75) is 11.7 Å². The molecule has 1 saturated heterocycles. The Morgan fingerprint density at radius 2 is 2.11 bits per heavy atom. The SMILES string of the molecule is NS(=O)(=O)C1CC(=O)N(c2ccc(O)c(Br)c2)C1. The number of sulfonamides is 1. The molecular weight excluding hydrogens is 324 g/mol. The van der Waals surface area contributed by atoms with E-state index in [2.05, 4.69) is 15.9 Å². The third kappa shape index (κ3) is 2.50. The normalized spacial score (nSPS) is 20.4. The molecule has 18 heavy (non-hydrogen) atoms. The van der Waals surface area contributed by atoms with Gasteiger partial charge in [-0.2, -0.15) is 0 Å². The van der Waals surface area contributed by atoms with Crippen molar-refractivity contribution in [2.24, 2.45) is 5.14 Å². The summed E-state index contributed by atoms with van der Waals surface area (Å²) >= 11 is 3.14. The number of anilines is 1. The lowest BCUT2D eigenvalue weighted by atomic mass is 10.3. The summed E-state index contributed by atoms with van der Waals surface area (Å²) in [6.07, 6.45) is -0.114. The number of amides is 1. The smallest absolute Gasteiger partial charge is 0.228 e. The van der Waals surface area contributed by atoms with Crippen molar-refractivity contribution in [1.82, 2.24) is 0 Å². The Balaban J connectivity index is 2.30. The highest BCUT2D eigenvalue weighted by atomic mass is 79.9. The summed E-state index contributed by atoms with van der Waals surface area (Å²) in [4.78, 5) is 13.1. The van der Waals surface area contributed by atoms with Crippen LogP contribution in [0.15, 0.2) is 22.7 Å². The van der Waals surface area contributed by atoms with E-state index < -0.39 is 15.3 Å². The van der Waals surface area contributed by atoms with Crippen LogP contribution in [0.1, 0.15) is 6.42 Å². The highest BCUT2D eigenvalue weighted by Crippen LogP contribution is 2.31. The summed E-state index contributed by atoms with van der Waals surface area (Å²) in [6, 6.07) is 4.53. The van der Waals surface area contributed by atoms with E-state index in [0.717, 1.165) is 0 Å². The van der Waals surface area contributed by atoms with Gasteiger partial charge in [-0.05, 0) is 34.1 Å². The monoisotopic (exact) mass is 334 g/mol. The standard InChI is InChI=1S/C10H11BrN2O4S/c11-8-3-6(1-2-9(8)14)13-5-7(4-10(13)15)18(12,16)17/h1-3,7,14H,4-5H2,(H2,12,16,17). The average Bonchev–Trinajstić information content (AvgIpc) is 2.64. The number of rotatable bonds is 2. The van der Waals surface area contributed by atoms with Crippen LogP contribution < -0.4 is 10.0 Å². The zero-order valence-corrected chi connectivity index (χ0v) is 11.6. The van der Waals surface area contributed by atoms with Crippen molar-refractivity contribution >= 4 is 37.5 Å². The summed E-state index contributed by atoms with van der Waals surface area (Å²) in [7, 11) is -3.72. The lowest BCUT2D eigenvalue weighted by molar-refractivity contribution is -0.117. The average molecular weight is 335 g/mol. The van der Waals surface area contributed by atoms with Gasteiger partial charge in [0.15, 0.2) is 0 Å². The zero-order chi connectivity index (χ0) is 13.5. The van der Waals surface area contributed by atoms with Crippen LogP contribution in [0.5, 0.6) is 5.75 Å². The second-order valence-electron chi connectivity index (χ2n) is 4.06. The van der Waals surface area contributed by atoms with Gasteiger partial charge in [0.05, 0.1) is 4.47 Å². The minimum atomic E-state index is -3.72. The van der Waals surface area contributed by atoms with Crippen LogP contribution in [0.4, 0.5) is 5.69 Å². The van der Waals surface area contributed by atoms with E-state index in [1.54, 1.807) is 12.1 Å². The fraction of sp³-hybridized carbons (Fsp3) is 0.300. The minimum Gasteiger partial charge on any atom is -0.507 e. The molecule has 3 N–H and O–H groups in total. The number of nitrogens with zero attached hydrogens (tertiary/aromatic N) is 1. The molecule has 1 atom stereocenters. The second kappa shape index (κ2) is 4.52. The van der Waals surface area contributed by atoms with Crippen molar-refractivity contribution in [2.75, 3.05) is 11.4 Å². The molecule has 1 amide bonds. The molecule has 1 aliphatic rings. The first-order chi connectivity index (χ1) is 8.29.